The Kier molecular flexibility index (Phi) is 3.38. The Hall–Kier alpha value is -2.17. The second-order valence-corrected chi connectivity index (χ2v) is 4.74. The Morgan fingerprint density at radius 1 is 1.37 bits per heavy atom. The molecule has 1 aromatic heterocycles. The maximum Gasteiger partial charge on any atom is 0.164 e. The third-order valence-electron chi connectivity index (χ3n) is 2.91. The van der Waals surface area contributed by atoms with Crippen molar-refractivity contribution in [2.45, 2.75) is 19.4 Å². The predicted octanol–water partition coefficient (Wildman–Crippen LogP) is 2.63. The molecule has 0 atom stereocenters. The van der Waals surface area contributed by atoms with Crippen molar-refractivity contribution < 1.29 is 13.9 Å². The van der Waals surface area contributed by atoms with E-state index in [1.807, 2.05) is 0 Å². The average molecular weight is 262 g/mol. The molecule has 0 N–H and O–H groups in total. The third-order valence-corrected chi connectivity index (χ3v) is 2.91. The number of hydrogen-bond donors (Lipinski definition) is 0. The van der Waals surface area contributed by atoms with Gasteiger partial charge in [-0.25, -0.2) is 4.39 Å². The molecule has 1 heterocycles. The Labute approximate surface area is 110 Å². The van der Waals surface area contributed by atoms with Gasteiger partial charge in [-0.3, -0.25) is 4.68 Å². The van der Waals surface area contributed by atoms with Gasteiger partial charge in [0.2, 0.25) is 0 Å². The van der Waals surface area contributed by atoms with Crippen LogP contribution in [0.5, 0.6) is 5.75 Å². The number of carbonyl (C=O) groups excluding carboxylic acids is 1. The van der Waals surface area contributed by atoms with Crippen molar-refractivity contribution in [2.75, 3.05) is 7.11 Å². The first-order valence-corrected chi connectivity index (χ1v) is 5.85. The number of halogens is 1. The van der Waals surface area contributed by atoms with Gasteiger partial charge in [0.05, 0.1) is 13.3 Å². The molecular weight excluding hydrogens is 247 g/mol. The van der Waals surface area contributed by atoms with Crippen molar-refractivity contribution in [2.24, 2.45) is 0 Å². The number of rotatable bonds is 4. The van der Waals surface area contributed by atoms with Crippen LogP contribution in [0.3, 0.4) is 0 Å². The van der Waals surface area contributed by atoms with Crippen LogP contribution >= 0.6 is 0 Å². The summed E-state index contributed by atoms with van der Waals surface area (Å²) in [7, 11) is 1.49. The zero-order chi connectivity index (χ0) is 14.0. The summed E-state index contributed by atoms with van der Waals surface area (Å²) >= 11 is 0. The predicted molar refractivity (Wildman–Crippen MR) is 69.6 cm³/mol. The van der Waals surface area contributed by atoms with Gasteiger partial charge < -0.3 is 9.53 Å². The summed E-state index contributed by atoms with van der Waals surface area (Å²) in [4.78, 5) is 11.1. The molecule has 0 bridgehead atoms. The van der Waals surface area contributed by atoms with Gasteiger partial charge in [-0.05, 0) is 26.0 Å². The largest absolute Gasteiger partial charge is 0.493 e. The topological polar surface area (TPSA) is 44.1 Å². The van der Waals surface area contributed by atoms with Gasteiger partial charge in [-0.1, -0.05) is 12.1 Å². The van der Waals surface area contributed by atoms with Crippen molar-refractivity contribution in [1.29, 1.82) is 0 Å². The molecule has 2 rings (SSSR count). The third kappa shape index (κ3) is 2.36. The highest BCUT2D eigenvalue weighted by Crippen LogP contribution is 2.31. The number of ether oxygens (including phenoxy) is 1. The van der Waals surface area contributed by atoms with E-state index >= 15 is 0 Å². The molecule has 0 spiro atoms. The highest BCUT2D eigenvalue weighted by atomic mass is 19.1. The lowest BCUT2D eigenvalue weighted by molar-refractivity contribution is -0.114. The molecular formula is C14H15FN2O2. The zero-order valence-corrected chi connectivity index (χ0v) is 11.1. The summed E-state index contributed by atoms with van der Waals surface area (Å²) in [5.41, 5.74) is -0.0770. The number of carbonyl (C=O) groups is 1. The van der Waals surface area contributed by atoms with Crippen LogP contribution in [0, 0.1) is 5.82 Å². The van der Waals surface area contributed by atoms with E-state index < -0.39 is 5.54 Å². The van der Waals surface area contributed by atoms with Gasteiger partial charge >= 0.3 is 0 Å². The lowest BCUT2D eigenvalue weighted by Gasteiger charge is -2.16. The minimum Gasteiger partial charge on any atom is -0.493 e. The molecule has 100 valence electrons. The minimum atomic E-state index is -0.809. The first kappa shape index (κ1) is 13.3. The fourth-order valence-electron chi connectivity index (χ4n) is 1.70. The van der Waals surface area contributed by atoms with Crippen molar-refractivity contribution in [3.05, 3.63) is 36.3 Å². The summed E-state index contributed by atoms with van der Waals surface area (Å²) in [5.74, 6) is 0.0509. The van der Waals surface area contributed by atoms with Crippen molar-refractivity contribution in [1.82, 2.24) is 9.78 Å². The first-order chi connectivity index (χ1) is 8.99. The summed E-state index contributed by atoms with van der Waals surface area (Å²) in [6.07, 6.45) is 2.38. The number of benzene rings is 1. The van der Waals surface area contributed by atoms with Gasteiger partial charge in [0.25, 0.3) is 0 Å². The van der Waals surface area contributed by atoms with Crippen molar-refractivity contribution >= 4 is 6.29 Å². The lowest BCUT2D eigenvalue weighted by atomic mass is 10.1. The fraction of sp³-hybridized carbons (Fsp3) is 0.286. The number of methoxy groups -OCH3 is 1. The van der Waals surface area contributed by atoms with Crippen LogP contribution in [0.1, 0.15) is 13.8 Å². The van der Waals surface area contributed by atoms with E-state index in [-0.39, 0.29) is 5.82 Å². The molecule has 0 saturated heterocycles. The van der Waals surface area contributed by atoms with Crippen molar-refractivity contribution in [3.63, 3.8) is 0 Å². The quantitative estimate of drug-likeness (QED) is 0.796. The van der Waals surface area contributed by atoms with Gasteiger partial charge in [0.1, 0.15) is 23.3 Å². The van der Waals surface area contributed by atoms with Gasteiger partial charge in [0, 0.05) is 5.56 Å². The van der Waals surface area contributed by atoms with Crippen LogP contribution in [0.4, 0.5) is 4.39 Å². The maximum atomic E-state index is 13.8. The molecule has 0 unspecified atom stereocenters. The minimum absolute atomic E-state index is 0.347. The Morgan fingerprint density at radius 3 is 2.63 bits per heavy atom. The second-order valence-electron chi connectivity index (χ2n) is 4.74. The summed E-state index contributed by atoms with van der Waals surface area (Å²) in [6, 6.07) is 6.32. The molecule has 0 amide bonds. The SMILES string of the molecule is COc1cn(C(C)(C)C=O)nc1-c1ccccc1F. The molecule has 19 heavy (non-hydrogen) atoms. The number of aromatic nitrogens is 2. The van der Waals surface area contributed by atoms with E-state index in [4.69, 9.17) is 4.74 Å². The van der Waals surface area contributed by atoms with Gasteiger partial charge in [0.15, 0.2) is 5.75 Å². The van der Waals surface area contributed by atoms with E-state index in [1.54, 1.807) is 38.2 Å². The lowest BCUT2D eigenvalue weighted by Crippen LogP contribution is -2.28. The maximum absolute atomic E-state index is 13.8. The van der Waals surface area contributed by atoms with Crippen LogP contribution in [0.15, 0.2) is 30.5 Å². The fourth-order valence-corrected chi connectivity index (χ4v) is 1.70. The summed E-state index contributed by atoms with van der Waals surface area (Å²) < 4.78 is 20.5. The summed E-state index contributed by atoms with van der Waals surface area (Å²) in [5, 5.41) is 4.28. The normalized spacial score (nSPS) is 11.4. The highest BCUT2D eigenvalue weighted by Gasteiger charge is 2.24. The monoisotopic (exact) mass is 262 g/mol. The van der Waals surface area contributed by atoms with E-state index in [2.05, 4.69) is 5.10 Å². The first-order valence-electron chi connectivity index (χ1n) is 5.85. The molecule has 0 radical (unpaired) electrons. The molecule has 4 nitrogen and oxygen atoms in total. The van der Waals surface area contributed by atoms with E-state index in [9.17, 15) is 9.18 Å². The smallest absolute Gasteiger partial charge is 0.164 e. The van der Waals surface area contributed by atoms with Gasteiger partial charge in [-0.2, -0.15) is 5.10 Å². The molecule has 0 aliphatic heterocycles. The van der Waals surface area contributed by atoms with E-state index in [0.29, 0.717) is 17.0 Å². The Bertz CT molecular complexity index is 605. The van der Waals surface area contributed by atoms with Crippen LogP contribution in [-0.4, -0.2) is 23.2 Å². The molecule has 1 aromatic carbocycles. The second kappa shape index (κ2) is 4.84. The van der Waals surface area contributed by atoms with E-state index in [1.165, 1.54) is 17.9 Å². The Morgan fingerprint density at radius 2 is 2.05 bits per heavy atom. The molecule has 0 aliphatic rings. The molecule has 2 aromatic rings. The highest BCUT2D eigenvalue weighted by molar-refractivity contribution is 5.67. The standard InChI is InChI=1S/C14H15FN2O2/c1-14(2,9-18)17-8-12(19-3)13(16-17)10-6-4-5-7-11(10)15/h4-9H,1-3H3. The van der Waals surface area contributed by atoms with Crippen molar-refractivity contribution in [3.8, 4) is 17.0 Å². The van der Waals surface area contributed by atoms with Crippen LogP contribution in [0.25, 0.3) is 11.3 Å². The number of aldehydes is 1. The average Bonchev–Trinajstić information content (AvgIpc) is 2.84. The van der Waals surface area contributed by atoms with Crippen LogP contribution < -0.4 is 4.74 Å². The molecule has 0 fully saturated rings. The van der Waals surface area contributed by atoms with Crippen LogP contribution in [0.2, 0.25) is 0 Å². The zero-order valence-electron chi connectivity index (χ0n) is 11.1. The molecule has 0 saturated carbocycles. The summed E-state index contributed by atoms with van der Waals surface area (Å²) in [6.45, 7) is 3.44. The number of hydrogen-bond acceptors (Lipinski definition) is 3. The van der Waals surface area contributed by atoms with E-state index in [0.717, 1.165) is 6.29 Å². The van der Waals surface area contributed by atoms with Gasteiger partial charge in [-0.15, -0.1) is 0 Å². The van der Waals surface area contributed by atoms with Crippen LogP contribution in [-0.2, 0) is 10.3 Å². The Balaban J connectivity index is 2.59. The molecule has 5 heteroatoms. The number of nitrogens with zero attached hydrogens (tertiary/aromatic N) is 2. The molecule has 0 aliphatic carbocycles.